The predicted molar refractivity (Wildman–Crippen MR) is 86.1 cm³/mol. The molecule has 2 N–H and O–H groups in total. The van der Waals surface area contributed by atoms with Crippen molar-refractivity contribution >= 4 is 35.9 Å². The fourth-order valence-corrected chi connectivity index (χ4v) is 3.47. The SMILES string of the molecule is N[C@@H](CS)C1=NC2(c3ccccc3Cl)CCC[C@H](O1)C2=O. The van der Waals surface area contributed by atoms with Crippen molar-refractivity contribution in [1.82, 2.24) is 0 Å². The van der Waals surface area contributed by atoms with E-state index in [-0.39, 0.29) is 5.78 Å². The zero-order valence-corrected chi connectivity index (χ0v) is 13.1. The number of hydrogen-bond acceptors (Lipinski definition) is 5. The van der Waals surface area contributed by atoms with Gasteiger partial charge in [0.25, 0.3) is 0 Å². The number of halogens is 1. The lowest BCUT2D eigenvalue weighted by Crippen LogP contribution is -2.54. The summed E-state index contributed by atoms with van der Waals surface area (Å²) in [7, 11) is 0. The van der Waals surface area contributed by atoms with Gasteiger partial charge in [-0.3, -0.25) is 4.79 Å². The van der Waals surface area contributed by atoms with E-state index in [0.717, 1.165) is 12.0 Å². The van der Waals surface area contributed by atoms with Gasteiger partial charge in [0.1, 0.15) is 0 Å². The maximum absolute atomic E-state index is 12.8. The first-order valence-corrected chi connectivity index (χ1v) is 8.01. The Morgan fingerprint density at radius 2 is 2.29 bits per heavy atom. The number of ketones is 1. The van der Waals surface area contributed by atoms with Crippen LogP contribution in [0.1, 0.15) is 24.8 Å². The molecule has 1 unspecified atom stereocenters. The molecule has 1 saturated carbocycles. The zero-order chi connectivity index (χ0) is 15.0. The summed E-state index contributed by atoms with van der Waals surface area (Å²) in [5, 5.41) is 0.552. The topological polar surface area (TPSA) is 64.7 Å². The molecule has 1 aromatic rings. The number of ether oxygens (including phenoxy) is 1. The van der Waals surface area contributed by atoms with Crippen LogP contribution >= 0.6 is 24.2 Å². The van der Waals surface area contributed by atoms with Gasteiger partial charge in [0, 0.05) is 16.3 Å². The molecule has 1 heterocycles. The normalized spacial score (nSPS) is 29.6. The maximum Gasteiger partial charge on any atom is 0.205 e. The van der Waals surface area contributed by atoms with Crippen molar-refractivity contribution in [3.8, 4) is 0 Å². The van der Waals surface area contributed by atoms with Gasteiger partial charge in [-0.1, -0.05) is 29.8 Å². The Hall–Kier alpha value is -1.04. The average molecular weight is 325 g/mol. The summed E-state index contributed by atoms with van der Waals surface area (Å²) in [5.74, 6) is 0.810. The van der Waals surface area contributed by atoms with E-state index >= 15 is 0 Å². The molecule has 1 aromatic carbocycles. The van der Waals surface area contributed by atoms with Crippen LogP contribution < -0.4 is 5.73 Å². The van der Waals surface area contributed by atoms with Crippen LogP contribution in [0.4, 0.5) is 0 Å². The number of benzene rings is 1. The van der Waals surface area contributed by atoms with Crippen molar-refractivity contribution in [2.75, 3.05) is 5.75 Å². The number of hydrogen-bond donors (Lipinski definition) is 2. The van der Waals surface area contributed by atoms with E-state index in [1.54, 1.807) is 6.07 Å². The Morgan fingerprint density at radius 3 is 3.00 bits per heavy atom. The Bertz CT molecular complexity index is 607. The van der Waals surface area contributed by atoms with E-state index in [0.29, 0.717) is 29.5 Å². The Labute approximate surface area is 134 Å². The van der Waals surface area contributed by atoms with E-state index in [4.69, 9.17) is 22.1 Å². The quantitative estimate of drug-likeness (QED) is 0.839. The van der Waals surface area contributed by atoms with Gasteiger partial charge < -0.3 is 10.5 Å². The number of Topliss-reactive ketones (excluding diaryl/α,β-unsaturated/α-hetero) is 1. The fraction of sp³-hybridized carbons (Fsp3) is 0.467. The first kappa shape index (κ1) is 14.9. The highest BCUT2D eigenvalue weighted by atomic mass is 35.5. The number of aliphatic imine (C=N–C) groups is 1. The molecule has 1 fully saturated rings. The number of carbonyl (C=O) groups is 1. The van der Waals surface area contributed by atoms with Crippen molar-refractivity contribution in [1.29, 1.82) is 0 Å². The van der Waals surface area contributed by atoms with Crippen LogP contribution in [-0.2, 0) is 15.1 Å². The summed E-state index contributed by atoms with van der Waals surface area (Å²) in [6.45, 7) is 0. The minimum Gasteiger partial charge on any atom is -0.468 e. The number of fused-ring (bicyclic) bond motifs is 2. The highest BCUT2D eigenvalue weighted by molar-refractivity contribution is 7.80. The molecule has 1 aliphatic heterocycles. The van der Waals surface area contributed by atoms with Gasteiger partial charge in [0.2, 0.25) is 11.7 Å². The van der Waals surface area contributed by atoms with Crippen molar-refractivity contribution in [3.05, 3.63) is 34.9 Å². The van der Waals surface area contributed by atoms with Crippen LogP contribution in [0.25, 0.3) is 0 Å². The number of nitrogens with zero attached hydrogens (tertiary/aromatic N) is 1. The monoisotopic (exact) mass is 324 g/mol. The molecule has 2 aliphatic rings. The Morgan fingerprint density at radius 1 is 1.52 bits per heavy atom. The van der Waals surface area contributed by atoms with Crippen molar-refractivity contribution < 1.29 is 9.53 Å². The highest BCUT2D eigenvalue weighted by Gasteiger charge is 2.52. The van der Waals surface area contributed by atoms with Crippen molar-refractivity contribution in [3.63, 3.8) is 0 Å². The van der Waals surface area contributed by atoms with Crippen LogP contribution in [0.2, 0.25) is 5.02 Å². The van der Waals surface area contributed by atoms with E-state index < -0.39 is 17.7 Å². The lowest BCUT2D eigenvalue weighted by atomic mass is 9.74. The van der Waals surface area contributed by atoms with E-state index in [1.165, 1.54) is 0 Å². The zero-order valence-electron chi connectivity index (χ0n) is 11.5. The third-order valence-electron chi connectivity index (χ3n) is 4.10. The standard InChI is InChI=1S/C15H17ClN2O2S/c16-10-5-2-1-4-9(10)15-7-3-6-12(13(15)19)20-14(18-15)11(17)8-21/h1-2,4-5,11-12,21H,3,6-8,17H2/t11-,12-,15?/m0/s1. The number of carbonyl (C=O) groups excluding carboxylic acids is 1. The maximum atomic E-state index is 12.8. The van der Waals surface area contributed by atoms with Gasteiger partial charge in [-0.2, -0.15) is 12.6 Å². The largest absolute Gasteiger partial charge is 0.468 e. The van der Waals surface area contributed by atoms with Gasteiger partial charge in [-0.15, -0.1) is 0 Å². The lowest BCUT2D eigenvalue weighted by Gasteiger charge is -2.42. The molecule has 0 saturated heterocycles. The summed E-state index contributed by atoms with van der Waals surface area (Å²) in [5.41, 5.74) is 5.79. The first-order chi connectivity index (χ1) is 10.1. The number of nitrogens with two attached hydrogens (primary N) is 1. The molecule has 0 amide bonds. The molecule has 3 atom stereocenters. The third-order valence-corrected chi connectivity index (χ3v) is 4.83. The molecular formula is C15H17ClN2O2S. The van der Waals surface area contributed by atoms with Gasteiger partial charge in [0.05, 0.1) is 6.04 Å². The molecule has 112 valence electrons. The molecule has 1 aliphatic carbocycles. The molecule has 21 heavy (non-hydrogen) atoms. The molecule has 0 spiro atoms. The highest BCUT2D eigenvalue weighted by Crippen LogP contribution is 2.44. The Balaban J connectivity index is 2.16. The molecule has 2 bridgehead atoms. The molecule has 4 nitrogen and oxygen atoms in total. The third kappa shape index (κ3) is 2.37. The summed E-state index contributed by atoms with van der Waals surface area (Å²) in [6, 6.07) is 6.95. The van der Waals surface area contributed by atoms with E-state index in [9.17, 15) is 4.79 Å². The van der Waals surface area contributed by atoms with E-state index in [2.05, 4.69) is 17.6 Å². The van der Waals surface area contributed by atoms with Crippen LogP contribution in [0.5, 0.6) is 0 Å². The minimum absolute atomic E-state index is 0.0167. The second kappa shape index (κ2) is 5.63. The van der Waals surface area contributed by atoms with E-state index in [1.807, 2.05) is 18.2 Å². The van der Waals surface area contributed by atoms with Gasteiger partial charge in [-0.05, 0) is 25.3 Å². The number of rotatable bonds is 3. The minimum atomic E-state index is -0.949. The molecular weight excluding hydrogens is 308 g/mol. The second-order valence-electron chi connectivity index (χ2n) is 5.44. The molecule has 6 heteroatoms. The summed E-state index contributed by atoms with van der Waals surface area (Å²) in [4.78, 5) is 17.4. The van der Waals surface area contributed by atoms with Crippen molar-refractivity contribution in [2.24, 2.45) is 10.7 Å². The van der Waals surface area contributed by atoms with Crippen LogP contribution in [0.3, 0.4) is 0 Å². The van der Waals surface area contributed by atoms with Crippen LogP contribution in [0, 0.1) is 0 Å². The Kier molecular flexibility index (Phi) is 3.99. The van der Waals surface area contributed by atoms with Crippen LogP contribution in [-0.4, -0.2) is 29.6 Å². The first-order valence-electron chi connectivity index (χ1n) is 7.00. The summed E-state index contributed by atoms with van der Waals surface area (Å²) < 4.78 is 5.69. The average Bonchev–Trinajstić information content (AvgIpc) is 2.47. The van der Waals surface area contributed by atoms with Gasteiger partial charge in [-0.25, -0.2) is 4.99 Å². The lowest BCUT2D eigenvalue weighted by molar-refractivity contribution is -0.137. The second-order valence-corrected chi connectivity index (χ2v) is 6.21. The molecule has 0 radical (unpaired) electrons. The smallest absolute Gasteiger partial charge is 0.205 e. The number of thiol groups is 1. The predicted octanol–water partition coefficient (Wildman–Crippen LogP) is 2.34. The fourth-order valence-electron chi connectivity index (χ4n) is 3.02. The van der Waals surface area contributed by atoms with Gasteiger partial charge >= 0.3 is 0 Å². The summed E-state index contributed by atoms with van der Waals surface area (Å²) in [6.07, 6.45) is 1.73. The summed E-state index contributed by atoms with van der Waals surface area (Å²) >= 11 is 10.5. The molecule has 3 rings (SSSR count). The van der Waals surface area contributed by atoms with Crippen molar-refractivity contribution in [2.45, 2.75) is 36.9 Å². The van der Waals surface area contributed by atoms with Crippen LogP contribution in [0.15, 0.2) is 29.3 Å². The van der Waals surface area contributed by atoms with Gasteiger partial charge in [0.15, 0.2) is 11.6 Å². The molecule has 0 aromatic heterocycles.